The smallest absolute Gasteiger partial charge is 0.262 e. The van der Waals surface area contributed by atoms with E-state index in [1.165, 1.54) is 0 Å². The van der Waals surface area contributed by atoms with Crippen LogP contribution in [0, 0.1) is 27.7 Å². The van der Waals surface area contributed by atoms with Crippen LogP contribution < -0.4 is 10.0 Å². The van der Waals surface area contributed by atoms with Crippen LogP contribution >= 0.6 is 0 Å². The third-order valence-electron chi connectivity index (χ3n) is 4.89. The van der Waals surface area contributed by atoms with Crippen LogP contribution in [0.4, 0.5) is 17.2 Å². The SMILES string of the molecule is Cc1cc(C)c(S(=O)(=O)Nc2ccc(Nc3ccc(-n4ccc(C)n4)nn3)cc2)c(C)c1. The molecule has 2 aromatic heterocycles. The number of hydrogen-bond acceptors (Lipinski definition) is 6. The number of anilines is 3. The van der Waals surface area contributed by atoms with Crippen molar-refractivity contribution in [3.63, 3.8) is 0 Å². The Morgan fingerprint density at radius 1 is 0.812 bits per heavy atom. The molecule has 0 unspecified atom stereocenters. The lowest BCUT2D eigenvalue weighted by Crippen LogP contribution is -2.16. The molecular formula is C23H24N6O2S. The lowest BCUT2D eigenvalue weighted by atomic mass is 10.1. The van der Waals surface area contributed by atoms with E-state index in [-0.39, 0.29) is 0 Å². The van der Waals surface area contributed by atoms with Crippen LogP contribution in [0.25, 0.3) is 5.82 Å². The van der Waals surface area contributed by atoms with E-state index in [4.69, 9.17) is 0 Å². The summed E-state index contributed by atoms with van der Waals surface area (Å²) in [5.41, 5.74) is 4.61. The van der Waals surface area contributed by atoms with Gasteiger partial charge in [0.2, 0.25) is 0 Å². The Morgan fingerprint density at radius 3 is 2.03 bits per heavy atom. The first kappa shape index (κ1) is 21.5. The fourth-order valence-corrected chi connectivity index (χ4v) is 5.14. The quantitative estimate of drug-likeness (QED) is 0.452. The van der Waals surface area contributed by atoms with Crippen molar-refractivity contribution in [1.29, 1.82) is 0 Å². The molecule has 0 aliphatic carbocycles. The van der Waals surface area contributed by atoms with Crippen LogP contribution in [0.15, 0.2) is 65.7 Å². The van der Waals surface area contributed by atoms with Crippen LogP contribution in [0.1, 0.15) is 22.4 Å². The highest BCUT2D eigenvalue weighted by atomic mass is 32.2. The number of sulfonamides is 1. The molecular weight excluding hydrogens is 424 g/mol. The van der Waals surface area contributed by atoms with Crippen LogP contribution in [0.5, 0.6) is 0 Å². The predicted molar refractivity (Wildman–Crippen MR) is 125 cm³/mol. The zero-order valence-electron chi connectivity index (χ0n) is 18.3. The van der Waals surface area contributed by atoms with Crippen molar-refractivity contribution >= 4 is 27.2 Å². The average Bonchev–Trinajstić information content (AvgIpc) is 3.15. The number of rotatable bonds is 6. The molecule has 0 aliphatic heterocycles. The van der Waals surface area contributed by atoms with Gasteiger partial charge in [0.25, 0.3) is 10.0 Å². The van der Waals surface area contributed by atoms with Gasteiger partial charge in [0.05, 0.1) is 10.6 Å². The van der Waals surface area contributed by atoms with E-state index in [1.54, 1.807) is 48.9 Å². The summed E-state index contributed by atoms with van der Waals surface area (Å²) in [6.07, 6.45) is 1.83. The van der Waals surface area contributed by atoms with E-state index in [0.29, 0.717) is 22.2 Å². The Bertz CT molecular complexity index is 1340. The molecule has 0 saturated heterocycles. The second kappa shape index (κ2) is 8.43. The minimum Gasteiger partial charge on any atom is -0.339 e. The molecule has 8 nitrogen and oxygen atoms in total. The highest BCUT2D eigenvalue weighted by Gasteiger charge is 2.20. The van der Waals surface area contributed by atoms with Crippen molar-refractivity contribution in [3.8, 4) is 5.82 Å². The Morgan fingerprint density at radius 2 is 1.47 bits per heavy atom. The van der Waals surface area contributed by atoms with Crippen molar-refractivity contribution in [1.82, 2.24) is 20.0 Å². The standard InChI is InChI=1S/C23H24N6O2S/c1-15-13-16(2)23(17(3)14-15)32(30,31)28-20-7-5-19(6-8-20)24-21-9-10-22(26-25-21)29-12-11-18(4)27-29/h5-14,28H,1-4H3,(H,24,25). The number of nitrogens with one attached hydrogen (secondary N) is 2. The van der Waals surface area contributed by atoms with Crippen LogP contribution in [-0.2, 0) is 10.0 Å². The maximum Gasteiger partial charge on any atom is 0.262 e. The maximum absolute atomic E-state index is 12.9. The Hall–Kier alpha value is -3.72. The molecule has 0 atom stereocenters. The van der Waals surface area contributed by atoms with Gasteiger partial charge in [-0.25, -0.2) is 13.1 Å². The number of nitrogens with zero attached hydrogens (tertiary/aromatic N) is 4. The third kappa shape index (κ3) is 4.62. The molecule has 0 bridgehead atoms. The third-order valence-corrected chi connectivity index (χ3v) is 6.58. The largest absolute Gasteiger partial charge is 0.339 e. The normalized spacial score (nSPS) is 11.4. The summed E-state index contributed by atoms with van der Waals surface area (Å²) in [6.45, 7) is 7.47. The first-order valence-electron chi connectivity index (χ1n) is 10.1. The van der Waals surface area contributed by atoms with Gasteiger partial charge in [0.1, 0.15) is 0 Å². The van der Waals surface area contributed by atoms with Crippen LogP contribution in [0.2, 0.25) is 0 Å². The van der Waals surface area contributed by atoms with Crippen molar-refractivity contribution in [2.75, 3.05) is 10.0 Å². The van der Waals surface area contributed by atoms with Crippen molar-refractivity contribution < 1.29 is 8.42 Å². The van der Waals surface area contributed by atoms with Crippen LogP contribution in [-0.4, -0.2) is 28.4 Å². The lowest BCUT2D eigenvalue weighted by Gasteiger charge is -2.14. The molecule has 4 aromatic rings. The van der Waals surface area contributed by atoms with E-state index in [0.717, 1.165) is 28.1 Å². The summed E-state index contributed by atoms with van der Waals surface area (Å²) in [5.74, 6) is 1.19. The van der Waals surface area contributed by atoms with E-state index >= 15 is 0 Å². The summed E-state index contributed by atoms with van der Waals surface area (Å²) in [7, 11) is -3.69. The van der Waals surface area contributed by atoms with E-state index in [2.05, 4.69) is 25.3 Å². The average molecular weight is 449 g/mol. The highest BCUT2D eigenvalue weighted by molar-refractivity contribution is 7.92. The summed E-state index contributed by atoms with van der Waals surface area (Å²) in [6, 6.07) is 16.2. The van der Waals surface area contributed by atoms with Gasteiger partial charge in [-0.2, -0.15) is 5.10 Å². The molecule has 0 saturated carbocycles. The number of hydrogen-bond donors (Lipinski definition) is 2. The topological polar surface area (TPSA) is 102 Å². The molecule has 4 rings (SSSR count). The van der Waals surface area contributed by atoms with Gasteiger partial charge in [0, 0.05) is 17.6 Å². The van der Waals surface area contributed by atoms with Gasteiger partial charge in [-0.05, 0) is 81.3 Å². The highest BCUT2D eigenvalue weighted by Crippen LogP contribution is 2.25. The van der Waals surface area contributed by atoms with E-state index in [1.807, 2.05) is 44.3 Å². The number of aromatic nitrogens is 4. The fraction of sp³-hybridized carbons (Fsp3) is 0.174. The van der Waals surface area contributed by atoms with Gasteiger partial charge < -0.3 is 5.32 Å². The molecule has 32 heavy (non-hydrogen) atoms. The van der Waals surface area contributed by atoms with E-state index < -0.39 is 10.0 Å². The Balaban J connectivity index is 1.46. The second-order valence-corrected chi connectivity index (χ2v) is 9.33. The maximum atomic E-state index is 12.9. The summed E-state index contributed by atoms with van der Waals surface area (Å²) >= 11 is 0. The molecule has 0 spiro atoms. The first-order valence-corrected chi connectivity index (χ1v) is 11.5. The second-order valence-electron chi connectivity index (χ2n) is 7.71. The first-order chi connectivity index (χ1) is 15.2. The molecule has 0 fully saturated rings. The molecule has 9 heteroatoms. The molecule has 164 valence electrons. The molecule has 2 heterocycles. The summed E-state index contributed by atoms with van der Waals surface area (Å²) in [4.78, 5) is 0.313. The predicted octanol–water partition coefficient (Wildman–Crippen LogP) is 4.44. The molecule has 0 radical (unpaired) electrons. The molecule has 0 aliphatic rings. The summed E-state index contributed by atoms with van der Waals surface area (Å²) in [5, 5.41) is 15.8. The van der Waals surface area contributed by atoms with Crippen molar-refractivity contribution in [3.05, 3.63) is 83.2 Å². The van der Waals surface area contributed by atoms with Gasteiger partial charge in [-0.3, -0.25) is 4.72 Å². The van der Waals surface area contributed by atoms with Gasteiger partial charge in [0.15, 0.2) is 11.6 Å². The van der Waals surface area contributed by atoms with Gasteiger partial charge in [-0.1, -0.05) is 17.7 Å². The number of aryl methyl sites for hydroxylation is 4. The van der Waals surface area contributed by atoms with Crippen molar-refractivity contribution in [2.45, 2.75) is 32.6 Å². The Labute approximate surface area is 187 Å². The number of benzene rings is 2. The minimum atomic E-state index is -3.69. The summed E-state index contributed by atoms with van der Waals surface area (Å²) < 4.78 is 30.2. The lowest BCUT2D eigenvalue weighted by molar-refractivity contribution is 0.600. The monoisotopic (exact) mass is 448 g/mol. The van der Waals surface area contributed by atoms with Gasteiger partial charge in [-0.15, -0.1) is 10.2 Å². The van der Waals surface area contributed by atoms with Crippen molar-refractivity contribution in [2.24, 2.45) is 0 Å². The molecule has 0 amide bonds. The zero-order valence-corrected chi connectivity index (χ0v) is 19.1. The fourth-order valence-electron chi connectivity index (χ4n) is 3.62. The molecule has 2 N–H and O–H groups in total. The zero-order chi connectivity index (χ0) is 22.9. The Kier molecular flexibility index (Phi) is 5.67. The van der Waals surface area contributed by atoms with Gasteiger partial charge >= 0.3 is 0 Å². The molecule has 2 aromatic carbocycles. The van der Waals surface area contributed by atoms with Crippen LogP contribution in [0.3, 0.4) is 0 Å². The van der Waals surface area contributed by atoms with E-state index in [9.17, 15) is 8.42 Å². The minimum absolute atomic E-state index is 0.313.